The molecular weight excluding hydrogens is 369 g/mol. The number of amides is 2. The Kier molecular flexibility index (Phi) is 4.87. The van der Waals surface area contributed by atoms with Crippen LogP contribution in [-0.2, 0) is 12.7 Å². The number of aromatic nitrogens is 1. The van der Waals surface area contributed by atoms with Crippen LogP contribution in [0, 0.1) is 11.8 Å². The van der Waals surface area contributed by atoms with E-state index < -0.39 is 11.7 Å². The second-order valence-corrected chi connectivity index (χ2v) is 7.38. The summed E-state index contributed by atoms with van der Waals surface area (Å²) in [4.78, 5) is 20.2. The maximum Gasteiger partial charge on any atom is 0.417 e. The number of benzene rings is 1. The van der Waals surface area contributed by atoms with E-state index in [9.17, 15) is 18.0 Å². The molecule has 0 saturated carbocycles. The minimum atomic E-state index is -4.37. The molecule has 0 bridgehead atoms. The number of nitrogens with zero attached hydrogens (tertiary/aromatic N) is 3. The van der Waals surface area contributed by atoms with E-state index >= 15 is 0 Å². The number of urea groups is 1. The fraction of sp³-hybridized carbons (Fsp3) is 0.400. The average molecular weight is 390 g/mol. The third-order valence-electron chi connectivity index (χ3n) is 5.46. The number of carbonyl (C=O) groups is 1. The van der Waals surface area contributed by atoms with E-state index in [0.29, 0.717) is 50.4 Å². The van der Waals surface area contributed by atoms with Crippen molar-refractivity contribution < 1.29 is 18.0 Å². The fourth-order valence-electron chi connectivity index (χ4n) is 3.97. The van der Waals surface area contributed by atoms with Crippen LogP contribution in [0.5, 0.6) is 0 Å². The average Bonchev–Trinajstić information content (AvgIpc) is 3.26. The summed E-state index contributed by atoms with van der Waals surface area (Å²) in [5.41, 5.74) is 0.312. The minimum absolute atomic E-state index is 0.0718. The molecule has 1 aromatic carbocycles. The second-order valence-electron chi connectivity index (χ2n) is 7.38. The highest BCUT2D eigenvalue weighted by molar-refractivity contribution is 5.74. The molecule has 2 saturated heterocycles. The Morgan fingerprint density at radius 3 is 2.29 bits per heavy atom. The van der Waals surface area contributed by atoms with Crippen LogP contribution in [0.4, 0.5) is 23.8 Å². The highest BCUT2D eigenvalue weighted by Crippen LogP contribution is 2.34. The predicted octanol–water partition coefficient (Wildman–Crippen LogP) is 3.38. The molecule has 0 aliphatic carbocycles. The molecule has 5 nitrogen and oxygen atoms in total. The van der Waals surface area contributed by atoms with Gasteiger partial charge in [0.2, 0.25) is 0 Å². The summed E-state index contributed by atoms with van der Waals surface area (Å²) >= 11 is 0. The maximum atomic E-state index is 12.7. The highest BCUT2D eigenvalue weighted by atomic mass is 19.4. The molecule has 2 aliphatic rings. The fourth-order valence-corrected chi connectivity index (χ4v) is 3.97. The van der Waals surface area contributed by atoms with Crippen molar-refractivity contribution in [1.29, 1.82) is 0 Å². The third-order valence-corrected chi connectivity index (χ3v) is 5.46. The van der Waals surface area contributed by atoms with Crippen LogP contribution in [0.25, 0.3) is 0 Å². The molecule has 2 aromatic rings. The van der Waals surface area contributed by atoms with Gasteiger partial charge in [-0.1, -0.05) is 30.3 Å². The van der Waals surface area contributed by atoms with E-state index in [1.807, 2.05) is 40.1 Å². The lowest BCUT2D eigenvalue weighted by molar-refractivity contribution is -0.137. The molecule has 3 heterocycles. The van der Waals surface area contributed by atoms with Gasteiger partial charge in [-0.2, -0.15) is 13.2 Å². The molecule has 2 fully saturated rings. The first-order valence-electron chi connectivity index (χ1n) is 9.25. The molecular formula is C20H21F3N4O. The maximum absolute atomic E-state index is 12.7. The molecule has 2 unspecified atom stereocenters. The number of fused-ring (bicyclic) bond motifs is 1. The van der Waals surface area contributed by atoms with Crippen molar-refractivity contribution in [2.24, 2.45) is 11.8 Å². The van der Waals surface area contributed by atoms with E-state index in [2.05, 4.69) is 10.3 Å². The Bertz CT molecular complexity index is 812. The second kappa shape index (κ2) is 7.33. The van der Waals surface area contributed by atoms with Crippen molar-refractivity contribution in [3.05, 3.63) is 59.8 Å². The van der Waals surface area contributed by atoms with Gasteiger partial charge in [-0.15, -0.1) is 0 Å². The Morgan fingerprint density at radius 1 is 1.04 bits per heavy atom. The largest absolute Gasteiger partial charge is 0.417 e. The number of hydrogen-bond acceptors (Lipinski definition) is 3. The van der Waals surface area contributed by atoms with Gasteiger partial charge in [0.15, 0.2) is 0 Å². The van der Waals surface area contributed by atoms with Crippen molar-refractivity contribution in [3.63, 3.8) is 0 Å². The highest BCUT2D eigenvalue weighted by Gasteiger charge is 2.42. The van der Waals surface area contributed by atoms with Crippen LogP contribution in [0.1, 0.15) is 11.1 Å². The van der Waals surface area contributed by atoms with Crippen molar-refractivity contribution >= 4 is 11.8 Å². The van der Waals surface area contributed by atoms with Crippen LogP contribution in [0.2, 0.25) is 0 Å². The quantitative estimate of drug-likeness (QED) is 0.874. The molecule has 4 rings (SSSR count). The van der Waals surface area contributed by atoms with Crippen molar-refractivity contribution in [1.82, 2.24) is 15.2 Å². The number of rotatable bonds is 3. The SMILES string of the molecule is O=C(NCc1ccccc1)N1CC2CN(c3ccc(C(F)(F)F)cn3)CC2C1. The number of carbonyl (C=O) groups excluding carboxylic acids is 1. The molecule has 148 valence electrons. The summed E-state index contributed by atoms with van der Waals surface area (Å²) in [5, 5.41) is 2.95. The molecule has 2 atom stereocenters. The van der Waals surface area contributed by atoms with E-state index in [1.165, 1.54) is 6.07 Å². The third kappa shape index (κ3) is 3.90. The summed E-state index contributed by atoms with van der Waals surface area (Å²) < 4.78 is 38.0. The molecule has 8 heteroatoms. The van der Waals surface area contributed by atoms with Gasteiger partial charge in [0.25, 0.3) is 0 Å². The summed E-state index contributed by atoms with van der Waals surface area (Å²) in [6.07, 6.45) is -3.49. The molecule has 2 aliphatic heterocycles. The van der Waals surface area contributed by atoms with Gasteiger partial charge in [0.05, 0.1) is 5.56 Å². The lowest BCUT2D eigenvalue weighted by atomic mass is 10.0. The normalized spacial score (nSPS) is 21.7. The Balaban J connectivity index is 1.30. The van der Waals surface area contributed by atoms with Gasteiger partial charge >= 0.3 is 12.2 Å². The molecule has 0 radical (unpaired) electrons. The molecule has 1 N–H and O–H groups in total. The van der Waals surface area contributed by atoms with Gasteiger partial charge < -0.3 is 15.1 Å². The lowest BCUT2D eigenvalue weighted by Crippen LogP contribution is -2.40. The number of alkyl halides is 3. The number of pyridine rings is 1. The van der Waals surface area contributed by atoms with Crippen molar-refractivity contribution in [2.75, 3.05) is 31.1 Å². The van der Waals surface area contributed by atoms with Crippen molar-refractivity contribution in [2.45, 2.75) is 12.7 Å². The van der Waals surface area contributed by atoms with Crippen LogP contribution < -0.4 is 10.2 Å². The van der Waals surface area contributed by atoms with E-state index in [-0.39, 0.29) is 6.03 Å². The standard InChI is InChI=1S/C20H21F3N4O/c21-20(22,23)17-6-7-18(24-9-17)26-10-15-12-27(13-16(15)11-26)19(28)25-8-14-4-2-1-3-5-14/h1-7,9,15-16H,8,10-13H2,(H,25,28). The number of anilines is 1. The van der Waals surface area contributed by atoms with E-state index in [1.54, 1.807) is 0 Å². The minimum Gasteiger partial charge on any atom is -0.356 e. The number of hydrogen-bond donors (Lipinski definition) is 1. The number of halogens is 3. The molecule has 0 spiro atoms. The summed E-state index contributed by atoms with van der Waals surface area (Å²) in [6.45, 7) is 3.20. The van der Waals surface area contributed by atoms with Gasteiger partial charge in [-0.05, 0) is 17.7 Å². The first kappa shape index (κ1) is 18.6. The monoisotopic (exact) mass is 390 g/mol. The first-order chi connectivity index (χ1) is 13.4. The van der Waals surface area contributed by atoms with Gasteiger partial charge in [-0.25, -0.2) is 9.78 Å². The van der Waals surface area contributed by atoms with Crippen LogP contribution in [0.15, 0.2) is 48.7 Å². The van der Waals surface area contributed by atoms with Crippen molar-refractivity contribution in [3.8, 4) is 0 Å². The first-order valence-corrected chi connectivity index (χ1v) is 9.25. The smallest absolute Gasteiger partial charge is 0.356 e. The lowest BCUT2D eigenvalue weighted by Gasteiger charge is -2.23. The molecule has 2 amide bonds. The zero-order chi connectivity index (χ0) is 19.7. The van der Waals surface area contributed by atoms with E-state index in [4.69, 9.17) is 0 Å². The van der Waals surface area contributed by atoms with Crippen LogP contribution in [0.3, 0.4) is 0 Å². The summed E-state index contributed by atoms with van der Waals surface area (Å²) in [7, 11) is 0. The van der Waals surface area contributed by atoms with Gasteiger partial charge in [0, 0.05) is 50.8 Å². The zero-order valence-electron chi connectivity index (χ0n) is 15.2. The summed E-state index contributed by atoms with van der Waals surface area (Å²) in [5.74, 6) is 1.18. The Hall–Kier alpha value is -2.77. The van der Waals surface area contributed by atoms with Gasteiger partial charge in [-0.3, -0.25) is 0 Å². The van der Waals surface area contributed by atoms with Gasteiger partial charge in [0.1, 0.15) is 5.82 Å². The molecule has 28 heavy (non-hydrogen) atoms. The zero-order valence-corrected chi connectivity index (χ0v) is 15.2. The topological polar surface area (TPSA) is 48.5 Å². The Labute approximate surface area is 161 Å². The number of nitrogens with one attached hydrogen (secondary N) is 1. The predicted molar refractivity (Wildman–Crippen MR) is 98.7 cm³/mol. The van der Waals surface area contributed by atoms with E-state index in [0.717, 1.165) is 17.8 Å². The van der Waals surface area contributed by atoms with Crippen LogP contribution >= 0.6 is 0 Å². The molecule has 1 aromatic heterocycles. The Morgan fingerprint density at radius 2 is 1.71 bits per heavy atom. The number of likely N-dealkylation sites (tertiary alicyclic amines) is 1. The summed E-state index contributed by atoms with van der Waals surface area (Å²) in [6, 6.07) is 12.2. The van der Waals surface area contributed by atoms with Crippen LogP contribution in [-0.4, -0.2) is 42.1 Å².